The second-order valence-electron chi connectivity index (χ2n) is 5.23. The number of benzene rings is 1. The average Bonchev–Trinajstić information content (AvgIpc) is 2.41. The maximum absolute atomic E-state index is 13.3. The van der Waals surface area contributed by atoms with Crippen LogP contribution in [0.4, 0.5) is 4.39 Å². The Bertz CT molecular complexity index is 491. The third kappa shape index (κ3) is 7.24. The van der Waals surface area contributed by atoms with Crippen LogP contribution < -0.4 is 0 Å². The van der Waals surface area contributed by atoms with E-state index in [0.717, 1.165) is 12.1 Å². The molecule has 1 N–H and O–H groups in total. The molecule has 0 aromatic heterocycles. The number of nitrogens with zero attached hydrogens (tertiary/aromatic N) is 1. The van der Waals surface area contributed by atoms with Gasteiger partial charge in [-0.15, -0.1) is 0 Å². The van der Waals surface area contributed by atoms with Gasteiger partial charge in [-0.1, -0.05) is 17.9 Å². The van der Waals surface area contributed by atoms with Crippen molar-refractivity contribution in [1.29, 1.82) is 0 Å². The van der Waals surface area contributed by atoms with Gasteiger partial charge < -0.3 is 9.84 Å². The van der Waals surface area contributed by atoms with E-state index in [4.69, 9.17) is 9.84 Å². The Morgan fingerprint density at radius 2 is 2.14 bits per heavy atom. The third-order valence-corrected chi connectivity index (χ3v) is 2.90. The van der Waals surface area contributed by atoms with Crippen molar-refractivity contribution < 1.29 is 14.2 Å². The smallest absolute Gasteiger partial charge is 0.124 e. The SMILES string of the molecule is CC(C)OCCN(C)Cc1ccc(F)cc1C#CCCO. The molecule has 0 bridgehead atoms. The summed E-state index contributed by atoms with van der Waals surface area (Å²) in [4.78, 5) is 2.12. The predicted octanol–water partition coefficient (Wildman–Crippen LogP) is 2.42. The summed E-state index contributed by atoms with van der Waals surface area (Å²) in [7, 11) is 2.00. The Morgan fingerprint density at radius 3 is 2.81 bits per heavy atom. The van der Waals surface area contributed by atoms with Gasteiger partial charge in [-0.25, -0.2) is 4.39 Å². The van der Waals surface area contributed by atoms with Crippen LogP contribution in [0.3, 0.4) is 0 Å². The number of halogens is 1. The second-order valence-corrected chi connectivity index (χ2v) is 5.23. The van der Waals surface area contributed by atoms with Crippen molar-refractivity contribution in [3.8, 4) is 11.8 Å². The number of rotatable bonds is 7. The number of likely N-dealkylation sites (N-methyl/N-ethyl adjacent to an activating group) is 1. The molecule has 0 aliphatic rings. The fraction of sp³-hybridized carbons (Fsp3) is 0.529. The van der Waals surface area contributed by atoms with Crippen LogP contribution in [0.5, 0.6) is 0 Å². The number of aliphatic hydroxyl groups excluding tert-OH is 1. The first-order valence-electron chi connectivity index (χ1n) is 7.21. The summed E-state index contributed by atoms with van der Waals surface area (Å²) >= 11 is 0. The van der Waals surface area contributed by atoms with Crippen molar-refractivity contribution in [3.05, 3.63) is 35.1 Å². The van der Waals surface area contributed by atoms with Gasteiger partial charge in [-0.05, 0) is 38.6 Å². The van der Waals surface area contributed by atoms with Crippen LogP contribution in [-0.2, 0) is 11.3 Å². The van der Waals surface area contributed by atoms with Crippen molar-refractivity contribution in [1.82, 2.24) is 4.90 Å². The van der Waals surface area contributed by atoms with Crippen LogP contribution in [0.25, 0.3) is 0 Å². The van der Waals surface area contributed by atoms with E-state index in [-0.39, 0.29) is 18.5 Å². The summed E-state index contributed by atoms with van der Waals surface area (Å²) < 4.78 is 18.9. The molecule has 0 aliphatic carbocycles. The molecule has 0 saturated carbocycles. The molecular formula is C17H24FNO2. The molecule has 0 amide bonds. The molecule has 0 aliphatic heterocycles. The highest BCUT2D eigenvalue weighted by Gasteiger charge is 2.06. The highest BCUT2D eigenvalue weighted by Crippen LogP contribution is 2.12. The number of hydrogen-bond donors (Lipinski definition) is 1. The monoisotopic (exact) mass is 293 g/mol. The van der Waals surface area contributed by atoms with Crippen molar-refractivity contribution >= 4 is 0 Å². The minimum Gasteiger partial charge on any atom is -0.395 e. The molecule has 1 aromatic carbocycles. The van der Waals surface area contributed by atoms with Gasteiger partial charge in [-0.2, -0.15) is 0 Å². The van der Waals surface area contributed by atoms with Gasteiger partial charge in [-0.3, -0.25) is 4.90 Å². The minimum absolute atomic E-state index is 0.0179. The zero-order valence-electron chi connectivity index (χ0n) is 13.0. The van der Waals surface area contributed by atoms with Crippen molar-refractivity contribution in [2.45, 2.75) is 32.9 Å². The lowest BCUT2D eigenvalue weighted by Gasteiger charge is -2.18. The van der Waals surface area contributed by atoms with Crippen LogP contribution in [0.1, 0.15) is 31.4 Å². The molecule has 0 heterocycles. The first kappa shape index (κ1) is 17.6. The highest BCUT2D eigenvalue weighted by molar-refractivity contribution is 5.41. The molecule has 0 fully saturated rings. The lowest BCUT2D eigenvalue weighted by atomic mass is 10.1. The summed E-state index contributed by atoms with van der Waals surface area (Å²) in [6.07, 6.45) is 0.623. The van der Waals surface area contributed by atoms with Crippen molar-refractivity contribution in [2.75, 3.05) is 26.8 Å². The van der Waals surface area contributed by atoms with Gasteiger partial charge in [0.2, 0.25) is 0 Å². The molecule has 116 valence electrons. The molecule has 3 nitrogen and oxygen atoms in total. The number of ether oxygens (including phenoxy) is 1. The molecule has 21 heavy (non-hydrogen) atoms. The number of hydrogen-bond acceptors (Lipinski definition) is 3. The first-order chi connectivity index (χ1) is 10.0. The zero-order chi connectivity index (χ0) is 15.7. The maximum atomic E-state index is 13.3. The maximum Gasteiger partial charge on any atom is 0.124 e. The minimum atomic E-state index is -0.294. The number of aliphatic hydroxyl groups is 1. The summed E-state index contributed by atoms with van der Waals surface area (Å²) in [6, 6.07) is 4.65. The van der Waals surface area contributed by atoms with E-state index in [1.807, 2.05) is 20.9 Å². The van der Waals surface area contributed by atoms with Crippen molar-refractivity contribution in [3.63, 3.8) is 0 Å². The Hall–Kier alpha value is -1.41. The van der Waals surface area contributed by atoms with E-state index in [0.29, 0.717) is 25.1 Å². The van der Waals surface area contributed by atoms with Gasteiger partial charge in [0.15, 0.2) is 0 Å². The van der Waals surface area contributed by atoms with Crippen LogP contribution in [-0.4, -0.2) is 42.9 Å². The predicted molar refractivity (Wildman–Crippen MR) is 82.4 cm³/mol. The lowest BCUT2D eigenvalue weighted by molar-refractivity contribution is 0.0627. The van der Waals surface area contributed by atoms with E-state index in [2.05, 4.69) is 16.7 Å². The summed E-state index contributed by atoms with van der Waals surface area (Å²) in [5, 5.41) is 8.76. The van der Waals surface area contributed by atoms with Crippen LogP contribution in [0, 0.1) is 17.7 Å². The molecule has 1 aromatic rings. The van der Waals surface area contributed by atoms with E-state index < -0.39 is 0 Å². The van der Waals surface area contributed by atoms with E-state index in [1.54, 1.807) is 6.07 Å². The third-order valence-electron chi connectivity index (χ3n) is 2.90. The van der Waals surface area contributed by atoms with Gasteiger partial charge in [0, 0.05) is 25.1 Å². The Kier molecular flexibility index (Phi) is 7.99. The molecule has 0 unspecified atom stereocenters. The molecule has 4 heteroatoms. The van der Waals surface area contributed by atoms with Gasteiger partial charge in [0.1, 0.15) is 5.82 Å². The van der Waals surface area contributed by atoms with Gasteiger partial charge in [0.25, 0.3) is 0 Å². The normalized spacial score (nSPS) is 10.8. The first-order valence-corrected chi connectivity index (χ1v) is 7.21. The van der Waals surface area contributed by atoms with Gasteiger partial charge >= 0.3 is 0 Å². The Morgan fingerprint density at radius 1 is 1.38 bits per heavy atom. The molecule has 0 atom stereocenters. The Labute approximate surface area is 126 Å². The van der Waals surface area contributed by atoms with E-state index in [9.17, 15) is 4.39 Å². The average molecular weight is 293 g/mol. The highest BCUT2D eigenvalue weighted by atomic mass is 19.1. The molecule has 1 rings (SSSR count). The molecular weight excluding hydrogens is 269 g/mol. The van der Waals surface area contributed by atoms with E-state index >= 15 is 0 Å². The lowest BCUT2D eigenvalue weighted by Crippen LogP contribution is -2.24. The quantitative estimate of drug-likeness (QED) is 0.784. The van der Waals surface area contributed by atoms with Crippen LogP contribution >= 0.6 is 0 Å². The largest absolute Gasteiger partial charge is 0.395 e. The second kappa shape index (κ2) is 9.51. The van der Waals surface area contributed by atoms with E-state index in [1.165, 1.54) is 12.1 Å². The summed E-state index contributed by atoms with van der Waals surface area (Å²) in [6.45, 7) is 6.19. The van der Waals surface area contributed by atoms with Crippen LogP contribution in [0.15, 0.2) is 18.2 Å². The van der Waals surface area contributed by atoms with Crippen molar-refractivity contribution in [2.24, 2.45) is 0 Å². The fourth-order valence-electron chi connectivity index (χ4n) is 1.83. The van der Waals surface area contributed by atoms with Crippen LogP contribution in [0.2, 0.25) is 0 Å². The summed E-state index contributed by atoms with van der Waals surface area (Å²) in [5.41, 5.74) is 1.66. The molecule has 0 radical (unpaired) electrons. The van der Waals surface area contributed by atoms with Gasteiger partial charge in [0.05, 0.1) is 19.3 Å². The molecule has 0 spiro atoms. The Balaban J connectivity index is 2.67. The standard InChI is InChI=1S/C17H24FNO2/c1-14(2)21-11-9-19(3)13-16-7-8-17(18)12-15(16)6-4-5-10-20/h7-8,12,14,20H,5,9-11,13H2,1-3H3. The molecule has 0 saturated heterocycles. The zero-order valence-corrected chi connectivity index (χ0v) is 13.0. The fourth-order valence-corrected chi connectivity index (χ4v) is 1.83. The topological polar surface area (TPSA) is 32.7 Å². The summed E-state index contributed by atoms with van der Waals surface area (Å²) in [5.74, 6) is 5.47.